The molecule has 4 aromatic rings. The number of aromatic carboxylic acids is 1. The largest absolute Gasteiger partial charge is 0.490 e. The highest BCUT2D eigenvalue weighted by Gasteiger charge is 2.23. The summed E-state index contributed by atoms with van der Waals surface area (Å²) in [5, 5.41) is 10.8. The van der Waals surface area contributed by atoms with Crippen LogP contribution in [0.15, 0.2) is 72.8 Å². The molecule has 1 saturated carbocycles. The third-order valence-electron chi connectivity index (χ3n) is 5.93. The van der Waals surface area contributed by atoms with E-state index in [1.165, 1.54) is 12.8 Å². The monoisotopic (exact) mass is 455 g/mol. The van der Waals surface area contributed by atoms with E-state index in [-0.39, 0.29) is 16.8 Å². The summed E-state index contributed by atoms with van der Waals surface area (Å²) in [6.07, 6.45) is 4.84. The summed E-state index contributed by atoms with van der Waals surface area (Å²) in [4.78, 5) is 12.1. The first-order valence-electron chi connectivity index (χ1n) is 11.0. The summed E-state index contributed by atoms with van der Waals surface area (Å²) in [7, 11) is 0. The number of halogens is 1. The van der Waals surface area contributed by atoms with Crippen LogP contribution in [0.4, 0.5) is 0 Å². The Morgan fingerprint density at radius 2 is 1.64 bits per heavy atom. The highest BCUT2D eigenvalue weighted by molar-refractivity contribution is 6.38. The maximum absolute atomic E-state index is 12.1. The molecule has 0 atom stereocenters. The van der Waals surface area contributed by atoms with Gasteiger partial charge in [0.05, 0.1) is 16.6 Å². The first-order chi connectivity index (χ1) is 16.1. The molecule has 0 unspecified atom stereocenters. The average molecular weight is 456 g/mol. The molecule has 5 heteroatoms. The highest BCUT2D eigenvalue weighted by atomic mass is 35.5. The maximum Gasteiger partial charge on any atom is 0.354 e. The second-order valence-corrected chi connectivity index (χ2v) is 8.55. The minimum atomic E-state index is -1.08. The molecule has 1 heterocycles. The zero-order chi connectivity index (χ0) is 22.8. The van der Waals surface area contributed by atoms with Crippen molar-refractivity contribution in [3.8, 4) is 23.3 Å². The Morgan fingerprint density at radius 3 is 2.33 bits per heavy atom. The fourth-order valence-electron chi connectivity index (χ4n) is 4.33. The minimum absolute atomic E-state index is 0.0318. The van der Waals surface area contributed by atoms with Crippen molar-refractivity contribution in [2.24, 2.45) is 0 Å². The van der Waals surface area contributed by atoms with Gasteiger partial charge in [-0.15, -0.1) is 0 Å². The number of rotatable bonds is 4. The highest BCUT2D eigenvalue weighted by Crippen LogP contribution is 2.35. The quantitative estimate of drug-likeness (QED) is 0.348. The van der Waals surface area contributed by atoms with E-state index < -0.39 is 5.97 Å². The maximum atomic E-state index is 12.1. The number of hydrogen-bond acceptors (Lipinski definition) is 2. The van der Waals surface area contributed by atoms with E-state index in [0.29, 0.717) is 16.6 Å². The second kappa shape index (κ2) is 9.05. The van der Waals surface area contributed by atoms with Gasteiger partial charge in [-0.05, 0) is 80.3 Å². The lowest BCUT2D eigenvalue weighted by Crippen LogP contribution is -2.11. The van der Waals surface area contributed by atoms with Crippen LogP contribution in [0.1, 0.15) is 47.3 Å². The second-order valence-electron chi connectivity index (χ2n) is 8.17. The van der Waals surface area contributed by atoms with Crippen LogP contribution < -0.4 is 4.74 Å². The molecule has 0 bridgehead atoms. The number of benzene rings is 3. The van der Waals surface area contributed by atoms with E-state index >= 15 is 0 Å². The fourth-order valence-corrected chi connectivity index (χ4v) is 4.64. The summed E-state index contributed by atoms with van der Waals surface area (Å²) in [6.45, 7) is 0. The molecule has 0 amide bonds. The SMILES string of the molecule is O=C(O)c1c(Cl)c2cc(C#Cc3ccccc3)ccc2n1-c1ccc(OC2CCCC2)cc1. The predicted octanol–water partition coefficient (Wildman–Crippen LogP) is 6.70. The Balaban J connectivity index is 1.53. The van der Waals surface area contributed by atoms with Crippen molar-refractivity contribution < 1.29 is 14.6 Å². The molecule has 4 nitrogen and oxygen atoms in total. The van der Waals surface area contributed by atoms with E-state index in [0.717, 1.165) is 29.7 Å². The normalized spacial score (nSPS) is 13.6. The number of carboxylic acid groups (broad SMARTS) is 1. The Kier molecular flexibility index (Phi) is 5.81. The molecular formula is C28H22ClNO3. The van der Waals surface area contributed by atoms with Crippen molar-refractivity contribution in [3.63, 3.8) is 0 Å². The van der Waals surface area contributed by atoms with Gasteiger partial charge in [-0.2, -0.15) is 0 Å². The predicted molar refractivity (Wildman–Crippen MR) is 131 cm³/mol. The van der Waals surface area contributed by atoms with Crippen LogP contribution in [0, 0.1) is 11.8 Å². The zero-order valence-electron chi connectivity index (χ0n) is 17.9. The molecule has 1 N–H and O–H groups in total. The van der Waals surface area contributed by atoms with Gasteiger partial charge in [-0.25, -0.2) is 4.79 Å². The molecule has 1 aliphatic carbocycles. The van der Waals surface area contributed by atoms with E-state index in [9.17, 15) is 9.90 Å². The van der Waals surface area contributed by atoms with Crippen LogP contribution in [-0.4, -0.2) is 21.7 Å². The summed E-state index contributed by atoms with van der Waals surface area (Å²) in [6, 6.07) is 22.8. The molecule has 164 valence electrons. The number of carbonyl (C=O) groups is 1. The number of ether oxygens (including phenoxy) is 1. The molecule has 1 aliphatic rings. The summed E-state index contributed by atoms with van der Waals surface area (Å²) in [5.74, 6) is 5.98. The number of aromatic nitrogens is 1. The van der Waals surface area contributed by atoms with Gasteiger partial charge in [-0.3, -0.25) is 0 Å². The summed E-state index contributed by atoms with van der Waals surface area (Å²) < 4.78 is 7.72. The van der Waals surface area contributed by atoms with Crippen molar-refractivity contribution in [1.29, 1.82) is 0 Å². The van der Waals surface area contributed by atoms with Gasteiger partial charge in [0.25, 0.3) is 0 Å². The van der Waals surface area contributed by atoms with Gasteiger partial charge >= 0.3 is 5.97 Å². The lowest BCUT2D eigenvalue weighted by Gasteiger charge is -2.14. The van der Waals surface area contributed by atoms with Crippen LogP contribution in [0.3, 0.4) is 0 Å². The smallest absolute Gasteiger partial charge is 0.354 e. The molecule has 33 heavy (non-hydrogen) atoms. The topological polar surface area (TPSA) is 51.5 Å². The van der Waals surface area contributed by atoms with Crippen molar-refractivity contribution in [2.75, 3.05) is 0 Å². The van der Waals surface area contributed by atoms with Gasteiger partial charge in [0, 0.05) is 22.2 Å². The minimum Gasteiger partial charge on any atom is -0.490 e. The molecule has 1 fully saturated rings. The Hall–Kier alpha value is -3.68. The third kappa shape index (κ3) is 4.33. The number of nitrogens with zero attached hydrogens (tertiary/aromatic N) is 1. The van der Waals surface area contributed by atoms with Crippen LogP contribution in [0.25, 0.3) is 16.6 Å². The van der Waals surface area contributed by atoms with Crippen LogP contribution in [0.2, 0.25) is 5.02 Å². The standard InChI is InChI=1S/C28H22ClNO3/c29-26-24-18-20(11-10-19-6-2-1-3-7-19)12-17-25(24)30(27(26)28(31)32)21-13-15-23(16-14-21)33-22-8-4-5-9-22/h1-3,6-7,12-18,22H,4-5,8-9H2,(H,31,32). The Labute approximate surface area is 197 Å². The van der Waals surface area contributed by atoms with E-state index in [2.05, 4.69) is 11.8 Å². The lowest BCUT2D eigenvalue weighted by molar-refractivity contribution is 0.0689. The Bertz CT molecular complexity index is 1370. The van der Waals surface area contributed by atoms with Crippen LogP contribution in [-0.2, 0) is 0 Å². The van der Waals surface area contributed by atoms with E-state index in [1.54, 1.807) is 4.57 Å². The van der Waals surface area contributed by atoms with Crippen LogP contribution >= 0.6 is 11.6 Å². The van der Waals surface area contributed by atoms with E-state index in [4.69, 9.17) is 16.3 Å². The van der Waals surface area contributed by atoms with Gasteiger partial charge in [-0.1, -0.05) is 41.6 Å². The molecule has 1 aromatic heterocycles. The molecular weight excluding hydrogens is 434 g/mol. The van der Waals surface area contributed by atoms with Gasteiger partial charge in [0.15, 0.2) is 5.69 Å². The van der Waals surface area contributed by atoms with Crippen molar-refractivity contribution >= 4 is 28.5 Å². The number of carboxylic acids is 1. The number of fused-ring (bicyclic) bond motifs is 1. The van der Waals surface area contributed by atoms with Gasteiger partial charge in [0.1, 0.15) is 5.75 Å². The Morgan fingerprint density at radius 1 is 0.939 bits per heavy atom. The molecule has 0 aliphatic heterocycles. The third-order valence-corrected chi connectivity index (χ3v) is 6.32. The van der Waals surface area contributed by atoms with Crippen molar-refractivity contribution in [1.82, 2.24) is 4.57 Å². The van der Waals surface area contributed by atoms with Crippen molar-refractivity contribution in [3.05, 3.63) is 94.6 Å². The first-order valence-corrected chi connectivity index (χ1v) is 11.4. The molecule has 5 rings (SSSR count). The van der Waals surface area contributed by atoms with Crippen LogP contribution in [0.5, 0.6) is 5.75 Å². The summed E-state index contributed by atoms with van der Waals surface area (Å²) >= 11 is 6.57. The molecule has 0 spiro atoms. The lowest BCUT2D eigenvalue weighted by atomic mass is 10.1. The zero-order valence-corrected chi connectivity index (χ0v) is 18.7. The molecule has 3 aromatic carbocycles. The molecule has 0 saturated heterocycles. The van der Waals surface area contributed by atoms with Gasteiger partial charge < -0.3 is 14.4 Å². The summed E-state index contributed by atoms with van der Waals surface area (Å²) in [5.41, 5.74) is 3.14. The van der Waals surface area contributed by atoms with E-state index in [1.807, 2.05) is 72.8 Å². The first kappa shape index (κ1) is 21.2. The fraction of sp³-hybridized carbons (Fsp3) is 0.179. The van der Waals surface area contributed by atoms with Gasteiger partial charge in [0.2, 0.25) is 0 Å². The van der Waals surface area contributed by atoms with Crippen molar-refractivity contribution in [2.45, 2.75) is 31.8 Å². The number of hydrogen-bond donors (Lipinski definition) is 1. The molecule has 0 radical (unpaired) electrons. The average Bonchev–Trinajstić information content (AvgIpc) is 3.45.